The monoisotopic (exact) mass is 271 g/mol. The highest BCUT2D eigenvalue weighted by Crippen LogP contribution is 2.36. The van der Waals surface area contributed by atoms with Gasteiger partial charge in [-0.1, -0.05) is 24.3 Å². The normalized spacial score (nSPS) is 15.3. The molecule has 0 amide bonds. The maximum atomic E-state index is 11.3. The van der Waals surface area contributed by atoms with E-state index in [1.54, 1.807) is 7.11 Å². The van der Waals surface area contributed by atoms with Crippen molar-refractivity contribution in [3.8, 4) is 5.75 Å². The molecular weight excluding hydrogens is 254 g/mol. The third-order valence-electron chi connectivity index (χ3n) is 3.68. The summed E-state index contributed by atoms with van der Waals surface area (Å²) in [6, 6.07) is 9.94. The Bertz CT molecular complexity index is 633. The van der Waals surface area contributed by atoms with Crippen LogP contribution in [-0.2, 0) is 4.74 Å². The van der Waals surface area contributed by atoms with Gasteiger partial charge in [-0.3, -0.25) is 4.79 Å². The van der Waals surface area contributed by atoms with Crippen LogP contribution in [0.1, 0.15) is 10.4 Å². The molecule has 0 radical (unpaired) electrons. The zero-order chi connectivity index (χ0) is 13.9. The second-order valence-corrected chi connectivity index (χ2v) is 4.78. The summed E-state index contributed by atoms with van der Waals surface area (Å²) in [4.78, 5) is 13.6. The molecular formula is C16H17NO3. The number of morpholine rings is 1. The Morgan fingerprint density at radius 2 is 1.90 bits per heavy atom. The molecule has 0 aliphatic carbocycles. The number of nitrogens with zero attached hydrogens (tertiary/aromatic N) is 1. The molecule has 1 aliphatic heterocycles. The van der Waals surface area contributed by atoms with Gasteiger partial charge in [-0.05, 0) is 6.07 Å². The molecule has 0 spiro atoms. The van der Waals surface area contributed by atoms with Gasteiger partial charge in [0.15, 0.2) is 6.29 Å². The van der Waals surface area contributed by atoms with E-state index in [0.29, 0.717) is 11.3 Å². The zero-order valence-corrected chi connectivity index (χ0v) is 11.5. The molecule has 0 unspecified atom stereocenters. The summed E-state index contributed by atoms with van der Waals surface area (Å²) in [6.45, 7) is 3.12. The van der Waals surface area contributed by atoms with E-state index >= 15 is 0 Å². The van der Waals surface area contributed by atoms with Crippen LogP contribution < -0.4 is 9.64 Å². The van der Waals surface area contributed by atoms with E-state index in [1.165, 1.54) is 0 Å². The quantitative estimate of drug-likeness (QED) is 0.804. The Morgan fingerprint density at radius 1 is 1.20 bits per heavy atom. The van der Waals surface area contributed by atoms with Crippen molar-refractivity contribution in [1.82, 2.24) is 0 Å². The maximum Gasteiger partial charge on any atom is 0.153 e. The highest BCUT2D eigenvalue weighted by molar-refractivity contribution is 6.03. The highest BCUT2D eigenvalue weighted by Gasteiger charge is 2.18. The van der Waals surface area contributed by atoms with E-state index in [-0.39, 0.29) is 0 Å². The van der Waals surface area contributed by atoms with Gasteiger partial charge in [0.05, 0.1) is 25.9 Å². The number of carbonyl (C=O) groups is 1. The number of anilines is 1. The lowest BCUT2D eigenvalue weighted by Crippen LogP contribution is -2.36. The lowest BCUT2D eigenvalue weighted by molar-refractivity contribution is 0.112. The topological polar surface area (TPSA) is 38.8 Å². The van der Waals surface area contributed by atoms with Gasteiger partial charge in [0.2, 0.25) is 0 Å². The third kappa shape index (κ3) is 2.12. The average Bonchev–Trinajstić information content (AvgIpc) is 2.54. The first kappa shape index (κ1) is 12.9. The van der Waals surface area contributed by atoms with Crippen molar-refractivity contribution in [2.75, 3.05) is 38.3 Å². The van der Waals surface area contributed by atoms with Crippen LogP contribution in [0.2, 0.25) is 0 Å². The smallest absolute Gasteiger partial charge is 0.153 e. The van der Waals surface area contributed by atoms with Gasteiger partial charge >= 0.3 is 0 Å². The Morgan fingerprint density at radius 3 is 2.55 bits per heavy atom. The zero-order valence-electron chi connectivity index (χ0n) is 11.5. The van der Waals surface area contributed by atoms with Gasteiger partial charge in [0.1, 0.15) is 5.75 Å². The van der Waals surface area contributed by atoms with Crippen LogP contribution in [0, 0.1) is 0 Å². The van der Waals surface area contributed by atoms with Crippen molar-refractivity contribution in [2.24, 2.45) is 0 Å². The summed E-state index contributed by atoms with van der Waals surface area (Å²) in [5.41, 5.74) is 1.67. The van der Waals surface area contributed by atoms with E-state index in [1.807, 2.05) is 24.3 Å². The molecule has 104 valence electrons. The molecule has 0 bridgehead atoms. The minimum Gasteiger partial charge on any atom is -0.495 e. The lowest BCUT2D eigenvalue weighted by Gasteiger charge is -2.30. The first-order valence-corrected chi connectivity index (χ1v) is 6.72. The number of ether oxygens (including phenoxy) is 2. The van der Waals surface area contributed by atoms with Crippen molar-refractivity contribution >= 4 is 22.7 Å². The Labute approximate surface area is 117 Å². The van der Waals surface area contributed by atoms with Crippen molar-refractivity contribution in [3.63, 3.8) is 0 Å². The summed E-state index contributed by atoms with van der Waals surface area (Å²) in [6.07, 6.45) is 0.856. The summed E-state index contributed by atoms with van der Waals surface area (Å²) >= 11 is 0. The Balaban J connectivity index is 2.22. The van der Waals surface area contributed by atoms with Crippen LogP contribution in [0.5, 0.6) is 5.75 Å². The van der Waals surface area contributed by atoms with Gasteiger partial charge in [-0.2, -0.15) is 0 Å². The number of benzene rings is 2. The van der Waals surface area contributed by atoms with Gasteiger partial charge < -0.3 is 14.4 Å². The van der Waals surface area contributed by atoms with E-state index in [4.69, 9.17) is 9.47 Å². The van der Waals surface area contributed by atoms with E-state index < -0.39 is 0 Å². The summed E-state index contributed by atoms with van der Waals surface area (Å²) in [5.74, 6) is 0.646. The number of methoxy groups -OCH3 is 1. The molecule has 3 rings (SSSR count). The van der Waals surface area contributed by atoms with Crippen LogP contribution in [0.25, 0.3) is 10.8 Å². The predicted octanol–water partition coefficient (Wildman–Crippen LogP) is 2.50. The molecule has 20 heavy (non-hydrogen) atoms. The van der Waals surface area contributed by atoms with Crippen LogP contribution in [0.4, 0.5) is 5.69 Å². The van der Waals surface area contributed by atoms with E-state index in [2.05, 4.69) is 11.0 Å². The van der Waals surface area contributed by atoms with E-state index in [0.717, 1.165) is 49.0 Å². The van der Waals surface area contributed by atoms with Gasteiger partial charge in [0.25, 0.3) is 0 Å². The number of rotatable bonds is 3. The van der Waals surface area contributed by atoms with Crippen LogP contribution in [0.15, 0.2) is 30.3 Å². The van der Waals surface area contributed by atoms with Gasteiger partial charge in [0, 0.05) is 29.5 Å². The minimum absolute atomic E-state index is 0.590. The molecule has 1 fully saturated rings. The van der Waals surface area contributed by atoms with Crippen LogP contribution in [0.3, 0.4) is 0 Å². The largest absolute Gasteiger partial charge is 0.495 e. The van der Waals surface area contributed by atoms with Gasteiger partial charge in [-0.15, -0.1) is 0 Å². The number of carbonyl (C=O) groups excluding carboxylic acids is 1. The van der Waals surface area contributed by atoms with Crippen molar-refractivity contribution in [3.05, 3.63) is 35.9 Å². The molecule has 1 saturated heterocycles. The number of fused-ring (bicyclic) bond motifs is 1. The molecule has 4 heteroatoms. The van der Waals surface area contributed by atoms with Crippen molar-refractivity contribution < 1.29 is 14.3 Å². The molecule has 2 aromatic rings. The molecule has 2 aromatic carbocycles. The predicted molar refractivity (Wildman–Crippen MR) is 78.9 cm³/mol. The summed E-state index contributed by atoms with van der Waals surface area (Å²) in [5, 5.41) is 2.08. The molecule has 1 heterocycles. The highest BCUT2D eigenvalue weighted by atomic mass is 16.5. The molecule has 0 N–H and O–H groups in total. The maximum absolute atomic E-state index is 11.3. The average molecular weight is 271 g/mol. The number of hydrogen-bond acceptors (Lipinski definition) is 4. The SMILES string of the molecule is COc1c(C=O)cc(N2CCOCC2)c2ccccc12. The second kappa shape index (κ2) is 5.51. The molecule has 1 aliphatic rings. The lowest BCUT2D eigenvalue weighted by atomic mass is 10.0. The standard InChI is InChI=1S/C16H17NO3/c1-19-16-12(11-18)10-15(17-6-8-20-9-7-17)13-4-2-3-5-14(13)16/h2-5,10-11H,6-9H2,1H3. The number of aldehydes is 1. The fourth-order valence-corrected chi connectivity index (χ4v) is 2.73. The molecule has 4 nitrogen and oxygen atoms in total. The fourth-order valence-electron chi connectivity index (χ4n) is 2.73. The Kier molecular flexibility index (Phi) is 3.56. The minimum atomic E-state index is 0.590. The molecule has 0 atom stereocenters. The second-order valence-electron chi connectivity index (χ2n) is 4.78. The fraction of sp³-hybridized carbons (Fsp3) is 0.312. The molecule has 0 aromatic heterocycles. The third-order valence-corrected chi connectivity index (χ3v) is 3.68. The first-order chi connectivity index (χ1) is 9.85. The summed E-state index contributed by atoms with van der Waals surface area (Å²) < 4.78 is 10.8. The van der Waals surface area contributed by atoms with Crippen LogP contribution >= 0.6 is 0 Å². The first-order valence-electron chi connectivity index (χ1n) is 6.72. The Hall–Kier alpha value is -2.07. The summed E-state index contributed by atoms with van der Waals surface area (Å²) in [7, 11) is 1.60. The van der Waals surface area contributed by atoms with Crippen LogP contribution in [-0.4, -0.2) is 39.7 Å². The van der Waals surface area contributed by atoms with E-state index in [9.17, 15) is 4.79 Å². The molecule has 0 saturated carbocycles. The van der Waals surface area contributed by atoms with Gasteiger partial charge in [-0.25, -0.2) is 0 Å². The van der Waals surface area contributed by atoms with Crippen molar-refractivity contribution in [2.45, 2.75) is 0 Å². The van der Waals surface area contributed by atoms with Crippen molar-refractivity contribution in [1.29, 1.82) is 0 Å². The number of hydrogen-bond donors (Lipinski definition) is 0.